The Morgan fingerprint density at radius 1 is 1.29 bits per heavy atom. The van der Waals surface area contributed by atoms with Gasteiger partial charge in [0.15, 0.2) is 0 Å². The molecule has 0 amide bonds. The fourth-order valence-corrected chi connectivity index (χ4v) is 4.19. The van der Waals surface area contributed by atoms with Crippen molar-refractivity contribution < 1.29 is 4.74 Å². The van der Waals surface area contributed by atoms with E-state index < -0.39 is 0 Å². The van der Waals surface area contributed by atoms with Crippen molar-refractivity contribution in [3.05, 3.63) is 0 Å². The third-order valence-electron chi connectivity index (χ3n) is 5.85. The van der Waals surface area contributed by atoms with Crippen molar-refractivity contribution in [2.24, 2.45) is 5.92 Å². The van der Waals surface area contributed by atoms with E-state index in [2.05, 4.69) is 31.0 Å². The summed E-state index contributed by atoms with van der Waals surface area (Å²) in [5, 5.41) is 3.83. The molecule has 1 saturated heterocycles. The smallest absolute Gasteiger partial charge is 0.0586 e. The van der Waals surface area contributed by atoms with Gasteiger partial charge in [-0.1, -0.05) is 33.6 Å². The average Bonchev–Trinajstić information content (AvgIpc) is 2.54. The predicted octanol–water partition coefficient (Wildman–Crippen LogP) is 3.43. The molecule has 1 saturated carbocycles. The average molecular weight is 296 g/mol. The van der Waals surface area contributed by atoms with Gasteiger partial charge < -0.3 is 10.1 Å². The summed E-state index contributed by atoms with van der Waals surface area (Å²) in [6, 6.07) is 2.15. The summed E-state index contributed by atoms with van der Waals surface area (Å²) in [7, 11) is 1.89. The first-order chi connectivity index (χ1) is 10.2. The molecule has 0 bridgehead atoms. The summed E-state index contributed by atoms with van der Waals surface area (Å²) in [5.41, 5.74) is 0. The van der Waals surface area contributed by atoms with E-state index >= 15 is 0 Å². The lowest BCUT2D eigenvalue weighted by atomic mass is 9.87. The van der Waals surface area contributed by atoms with Crippen LogP contribution in [0.1, 0.15) is 65.7 Å². The van der Waals surface area contributed by atoms with Gasteiger partial charge in [0, 0.05) is 38.3 Å². The molecule has 2 fully saturated rings. The van der Waals surface area contributed by atoms with E-state index in [0.717, 1.165) is 18.0 Å². The van der Waals surface area contributed by atoms with Crippen LogP contribution < -0.4 is 5.32 Å². The first kappa shape index (κ1) is 17.2. The lowest BCUT2D eigenvalue weighted by Gasteiger charge is -2.48. The van der Waals surface area contributed by atoms with Crippen LogP contribution in [-0.4, -0.2) is 49.3 Å². The highest BCUT2D eigenvalue weighted by atomic mass is 16.5. The molecule has 21 heavy (non-hydrogen) atoms. The van der Waals surface area contributed by atoms with E-state index in [9.17, 15) is 0 Å². The number of rotatable bonds is 6. The van der Waals surface area contributed by atoms with Gasteiger partial charge in [-0.15, -0.1) is 0 Å². The van der Waals surface area contributed by atoms with Crippen molar-refractivity contribution in [3.8, 4) is 0 Å². The molecule has 0 aromatic heterocycles. The van der Waals surface area contributed by atoms with Crippen molar-refractivity contribution in [2.75, 3.05) is 20.2 Å². The largest absolute Gasteiger partial charge is 0.381 e. The minimum absolute atomic E-state index is 0.489. The SMILES string of the molecule is CCCC1CNC(C(C)CC)CN1C1CCCC(OC)C1. The number of hydrogen-bond acceptors (Lipinski definition) is 3. The third kappa shape index (κ3) is 4.43. The zero-order valence-electron chi connectivity index (χ0n) is 14.6. The lowest BCUT2D eigenvalue weighted by Crippen LogP contribution is -2.61. The maximum atomic E-state index is 5.66. The fraction of sp³-hybridized carbons (Fsp3) is 1.00. The summed E-state index contributed by atoms with van der Waals surface area (Å²) in [6.45, 7) is 9.45. The number of nitrogens with zero attached hydrogens (tertiary/aromatic N) is 1. The molecular weight excluding hydrogens is 260 g/mol. The fourth-order valence-electron chi connectivity index (χ4n) is 4.19. The van der Waals surface area contributed by atoms with Crippen LogP contribution in [0.4, 0.5) is 0 Å². The first-order valence-electron chi connectivity index (χ1n) is 9.21. The number of methoxy groups -OCH3 is 1. The second-order valence-electron chi connectivity index (χ2n) is 7.22. The molecular formula is C18H36N2O. The van der Waals surface area contributed by atoms with E-state index in [4.69, 9.17) is 4.74 Å². The van der Waals surface area contributed by atoms with Crippen molar-refractivity contribution >= 4 is 0 Å². The van der Waals surface area contributed by atoms with Gasteiger partial charge in [-0.05, 0) is 38.0 Å². The maximum absolute atomic E-state index is 5.66. The molecule has 3 nitrogen and oxygen atoms in total. The monoisotopic (exact) mass is 296 g/mol. The Morgan fingerprint density at radius 2 is 2.10 bits per heavy atom. The van der Waals surface area contributed by atoms with Gasteiger partial charge in [-0.25, -0.2) is 0 Å². The van der Waals surface area contributed by atoms with Crippen LogP contribution in [0.2, 0.25) is 0 Å². The van der Waals surface area contributed by atoms with Crippen LogP contribution in [-0.2, 0) is 4.74 Å². The van der Waals surface area contributed by atoms with E-state index in [-0.39, 0.29) is 0 Å². The summed E-state index contributed by atoms with van der Waals surface area (Å²) < 4.78 is 5.66. The Bertz CT molecular complexity index is 295. The van der Waals surface area contributed by atoms with Crippen LogP contribution in [0.3, 0.4) is 0 Å². The van der Waals surface area contributed by atoms with Crippen molar-refractivity contribution in [1.29, 1.82) is 0 Å². The predicted molar refractivity (Wildman–Crippen MR) is 89.7 cm³/mol. The zero-order valence-corrected chi connectivity index (χ0v) is 14.6. The summed E-state index contributed by atoms with van der Waals surface area (Å²) >= 11 is 0. The molecule has 0 radical (unpaired) electrons. The van der Waals surface area contributed by atoms with Crippen molar-refractivity contribution in [1.82, 2.24) is 10.2 Å². The second kappa shape index (κ2) is 8.50. The molecule has 1 N–H and O–H groups in total. The maximum Gasteiger partial charge on any atom is 0.0586 e. The molecule has 0 aromatic carbocycles. The van der Waals surface area contributed by atoms with Gasteiger partial charge >= 0.3 is 0 Å². The highest BCUT2D eigenvalue weighted by Gasteiger charge is 2.36. The van der Waals surface area contributed by atoms with Crippen molar-refractivity contribution in [3.63, 3.8) is 0 Å². The van der Waals surface area contributed by atoms with Crippen molar-refractivity contribution in [2.45, 2.75) is 89.9 Å². The summed E-state index contributed by atoms with van der Waals surface area (Å²) in [4.78, 5) is 2.85. The van der Waals surface area contributed by atoms with Gasteiger partial charge in [0.05, 0.1) is 6.10 Å². The summed E-state index contributed by atoms with van der Waals surface area (Å²) in [6.07, 6.45) is 9.58. The van der Waals surface area contributed by atoms with Gasteiger partial charge in [0.1, 0.15) is 0 Å². The van der Waals surface area contributed by atoms with Gasteiger partial charge in [-0.3, -0.25) is 4.90 Å². The number of hydrogen-bond donors (Lipinski definition) is 1. The Hall–Kier alpha value is -0.120. The Labute approximate surface area is 131 Å². The highest BCUT2D eigenvalue weighted by Crippen LogP contribution is 2.29. The number of ether oxygens (including phenoxy) is 1. The topological polar surface area (TPSA) is 24.5 Å². The Balaban J connectivity index is 2.02. The summed E-state index contributed by atoms with van der Waals surface area (Å²) in [5.74, 6) is 0.775. The Kier molecular flexibility index (Phi) is 6.97. The molecule has 1 heterocycles. The van der Waals surface area contributed by atoms with Crippen LogP contribution in [0, 0.1) is 5.92 Å². The second-order valence-corrected chi connectivity index (χ2v) is 7.22. The first-order valence-corrected chi connectivity index (χ1v) is 9.21. The minimum atomic E-state index is 0.489. The molecule has 1 aliphatic carbocycles. The molecule has 5 atom stereocenters. The molecule has 124 valence electrons. The molecule has 0 spiro atoms. The van der Waals surface area contributed by atoms with Crippen LogP contribution in [0.15, 0.2) is 0 Å². The van der Waals surface area contributed by atoms with E-state index in [1.54, 1.807) is 0 Å². The number of piperazine rings is 1. The van der Waals surface area contributed by atoms with Crippen LogP contribution >= 0.6 is 0 Å². The molecule has 3 heteroatoms. The van der Waals surface area contributed by atoms with Crippen LogP contribution in [0.5, 0.6) is 0 Å². The molecule has 2 aliphatic rings. The number of nitrogens with one attached hydrogen (secondary N) is 1. The molecule has 5 unspecified atom stereocenters. The van der Waals surface area contributed by atoms with E-state index in [1.807, 2.05) is 7.11 Å². The standard InChI is InChI=1S/C18H36N2O/c1-5-8-16-12-19-18(14(3)6-2)13-20(16)15-9-7-10-17(11-15)21-4/h14-19H,5-13H2,1-4H3. The lowest BCUT2D eigenvalue weighted by molar-refractivity contribution is -0.00634. The molecule has 2 rings (SSSR count). The van der Waals surface area contributed by atoms with E-state index in [1.165, 1.54) is 58.0 Å². The normalized spacial score (nSPS) is 36.6. The van der Waals surface area contributed by atoms with Gasteiger partial charge in [0.25, 0.3) is 0 Å². The quantitative estimate of drug-likeness (QED) is 0.812. The highest BCUT2D eigenvalue weighted by molar-refractivity contribution is 4.93. The minimum Gasteiger partial charge on any atom is -0.381 e. The molecule has 1 aliphatic heterocycles. The van der Waals surface area contributed by atoms with E-state index in [0.29, 0.717) is 12.1 Å². The zero-order chi connectivity index (χ0) is 15.2. The van der Waals surface area contributed by atoms with Gasteiger partial charge in [0.2, 0.25) is 0 Å². The molecule has 0 aromatic rings. The third-order valence-corrected chi connectivity index (χ3v) is 5.85. The van der Waals surface area contributed by atoms with Gasteiger partial charge in [-0.2, -0.15) is 0 Å². The van der Waals surface area contributed by atoms with Crippen LogP contribution in [0.25, 0.3) is 0 Å². The Morgan fingerprint density at radius 3 is 2.76 bits per heavy atom.